The summed E-state index contributed by atoms with van der Waals surface area (Å²) in [6, 6.07) is 9.85. The SMILES string of the molecule is CN(Cc1noc(-c2ccccc2)n1)C(=O)C1CC(C2CC2)NN1. The number of aromatic nitrogens is 2. The minimum Gasteiger partial charge on any atom is -0.337 e. The Labute approximate surface area is 140 Å². The highest BCUT2D eigenvalue weighted by Crippen LogP contribution is 2.35. The third-order valence-electron chi connectivity index (χ3n) is 4.67. The first-order valence-electron chi connectivity index (χ1n) is 8.35. The van der Waals surface area contributed by atoms with Crippen LogP contribution in [0.5, 0.6) is 0 Å². The van der Waals surface area contributed by atoms with Gasteiger partial charge >= 0.3 is 0 Å². The lowest BCUT2D eigenvalue weighted by atomic mass is 10.1. The van der Waals surface area contributed by atoms with Crippen molar-refractivity contribution in [2.45, 2.75) is 37.9 Å². The molecule has 4 rings (SSSR count). The number of benzene rings is 1. The summed E-state index contributed by atoms with van der Waals surface area (Å²) in [6.07, 6.45) is 3.37. The quantitative estimate of drug-likeness (QED) is 0.862. The topological polar surface area (TPSA) is 83.3 Å². The van der Waals surface area contributed by atoms with Crippen LogP contribution in [0.3, 0.4) is 0 Å². The van der Waals surface area contributed by atoms with Crippen molar-refractivity contribution in [3.8, 4) is 11.5 Å². The van der Waals surface area contributed by atoms with Gasteiger partial charge in [-0.1, -0.05) is 23.4 Å². The summed E-state index contributed by atoms with van der Waals surface area (Å²) < 4.78 is 5.29. The van der Waals surface area contributed by atoms with Crippen molar-refractivity contribution < 1.29 is 9.32 Å². The van der Waals surface area contributed by atoms with E-state index < -0.39 is 0 Å². The molecule has 1 saturated carbocycles. The van der Waals surface area contributed by atoms with E-state index in [0.717, 1.165) is 17.9 Å². The molecule has 2 unspecified atom stereocenters. The summed E-state index contributed by atoms with van der Waals surface area (Å²) in [5, 5.41) is 3.98. The average Bonchev–Trinajstić information content (AvgIpc) is 3.16. The Hall–Kier alpha value is -2.25. The number of nitrogens with one attached hydrogen (secondary N) is 2. The number of hydrogen-bond acceptors (Lipinski definition) is 6. The molecular formula is C17H21N5O2. The van der Waals surface area contributed by atoms with E-state index in [2.05, 4.69) is 21.0 Å². The van der Waals surface area contributed by atoms with Gasteiger partial charge < -0.3 is 9.42 Å². The second kappa shape index (κ2) is 6.33. The highest BCUT2D eigenvalue weighted by Gasteiger charge is 2.39. The summed E-state index contributed by atoms with van der Waals surface area (Å²) in [4.78, 5) is 18.6. The maximum atomic E-state index is 12.6. The minimum absolute atomic E-state index is 0.0525. The monoisotopic (exact) mass is 327 g/mol. The van der Waals surface area contributed by atoms with E-state index in [1.165, 1.54) is 12.8 Å². The molecule has 0 spiro atoms. The van der Waals surface area contributed by atoms with E-state index in [1.807, 2.05) is 30.3 Å². The Balaban J connectivity index is 1.36. The maximum absolute atomic E-state index is 12.6. The van der Waals surface area contributed by atoms with E-state index in [4.69, 9.17) is 4.52 Å². The summed E-state index contributed by atoms with van der Waals surface area (Å²) >= 11 is 0. The first-order chi connectivity index (χ1) is 11.7. The third kappa shape index (κ3) is 3.18. The van der Waals surface area contributed by atoms with E-state index >= 15 is 0 Å². The summed E-state index contributed by atoms with van der Waals surface area (Å²) in [5.41, 5.74) is 7.24. The van der Waals surface area contributed by atoms with Crippen molar-refractivity contribution in [2.75, 3.05) is 7.05 Å². The maximum Gasteiger partial charge on any atom is 0.257 e. The largest absolute Gasteiger partial charge is 0.337 e. The smallest absolute Gasteiger partial charge is 0.257 e. The van der Waals surface area contributed by atoms with Gasteiger partial charge in [0.2, 0.25) is 5.91 Å². The Kier molecular flexibility index (Phi) is 4.03. The molecule has 2 N–H and O–H groups in total. The van der Waals surface area contributed by atoms with Gasteiger partial charge in [0.15, 0.2) is 5.82 Å². The van der Waals surface area contributed by atoms with Gasteiger partial charge in [-0.15, -0.1) is 0 Å². The molecule has 2 atom stereocenters. The zero-order chi connectivity index (χ0) is 16.5. The molecular weight excluding hydrogens is 306 g/mol. The Bertz CT molecular complexity index is 713. The predicted molar refractivity (Wildman–Crippen MR) is 87.4 cm³/mol. The van der Waals surface area contributed by atoms with Crippen LogP contribution >= 0.6 is 0 Å². The van der Waals surface area contributed by atoms with Crippen LogP contribution in [0.4, 0.5) is 0 Å². The van der Waals surface area contributed by atoms with Crippen LogP contribution in [0, 0.1) is 5.92 Å². The summed E-state index contributed by atoms with van der Waals surface area (Å²) in [5.74, 6) is 1.76. The fourth-order valence-electron chi connectivity index (χ4n) is 3.12. The molecule has 2 aliphatic rings. The summed E-state index contributed by atoms with van der Waals surface area (Å²) in [6.45, 7) is 0.335. The number of likely N-dealkylation sites (N-methyl/N-ethyl adjacent to an activating group) is 1. The number of hydrogen-bond donors (Lipinski definition) is 2. The molecule has 7 heteroatoms. The molecule has 1 amide bonds. The first kappa shape index (κ1) is 15.3. The third-order valence-corrected chi connectivity index (χ3v) is 4.67. The molecule has 1 saturated heterocycles. The van der Waals surface area contributed by atoms with Crippen molar-refractivity contribution in [3.05, 3.63) is 36.2 Å². The van der Waals surface area contributed by atoms with Gasteiger partial charge in [0, 0.05) is 18.7 Å². The van der Waals surface area contributed by atoms with Crippen LogP contribution in [-0.4, -0.2) is 40.1 Å². The molecule has 2 heterocycles. The van der Waals surface area contributed by atoms with Gasteiger partial charge in [-0.25, -0.2) is 5.43 Å². The number of nitrogens with zero attached hydrogens (tertiary/aromatic N) is 3. The average molecular weight is 327 g/mol. The van der Waals surface area contributed by atoms with Crippen LogP contribution in [0.1, 0.15) is 25.1 Å². The number of hydrazine groups is 1. The van der Waals surface area contributed by atoms with Gasteiger partial charge in [0.25, 0.3) is 5.89 Å². The highest BCUT2D eigenvalue weighted by atomic mass is 16.5. The zero-order valence-corrected chi connectivity index (χ0v) is 13.6. The Morgan fingerprint density at radius 1 is 1.29 bits per heavy atom. The van der Waals surface area contributed by atoms with E-state index in [-0.39, 0.29) is 11.9 Å². The van der Waals surface area contributed by atoms with Crippen molar-refractivity contribution >= 4 is 5.91 Å². The van der Waals surface area contributed by atoms with Crippen molar-refractivity contribution in [3.63, 3.8) is 0 Å². The molecule has 7 nitrogen and oxygen atoms in total. The van der Waals surface area contributed by atoms with E-state index in [9.17, 15) is 4.79 Å². The molecule has 24 heavy (non-hydrogen) atoms. The minimum atomic E-state index is -0.180. The molecule has 126 valence electrons. The number of carbonyl (C=O) groups excluding carboxylic acids is 1. The molecule has 1 aromatic heterocycles. The van der Waals surface area contributed by atoms with Crippen LogP contribution < -0.4 is 10.9 Å². The Morgan fingerprint density at radius 3 is 2.83 bits per heavy atom. The fourth-order valence-corrected chi connectivity index (χ4v) is 3.12. The molecule has 0 bridgehead atoms. The second-order valence-corrected chi connectivity index (χ2v) is 6.60. The van der Waals surface area contributed by atoms with E-state index in [0.29, 0.717) is 24.3 Å². The van der Waals surface area contributed by atoms with Crippen LogP contribution in [0.2, 0.25) is 0 Å². The lowest BCUT2D eigenvalue weighted by Crippen LogP contribution is -2.44. The molecule has 1 aromatic carbocycles. The van der Waals surface area contributed by atoms with Gasteiger partial charge in [-0.2, -0.15) is 4.98 Å². The number of rotatable bonds is 5. The highest BCUT2D eigenvalue weighted by molar-refractivity contribution is 5.81. The van der Waals surface area contributed by atoms with Gasteiger partial charge in [-0.3, -0.25) is 10.2 Å². The normalized spacial score (nSPS) is 23.4. The summed E-state index contributed by atoms with van der Waals surface area (Å²) in [7, 11) is 1.77. The van der Waals surface area contributed by atoms with Crippen LogP contribution in [0.25, 0.3) is 11.5 Å². The lowest BCUT2D eigenvalue weighted by Gasteiger charge is -2.19. The fraction of sp³-hybridized carbons (Fsp3) is 0.471. The predicted octanol–water partition coefficient (Wildman–Crippen LogP) is 1.34. The molecule has 0 radical (unpaired) electrons. The van der Waals surface area contributed by atoms with Gasteiger partial charge in [-0.05, 0) is 37.3 Å². The Morgan fingerprint density at radius 2 is 2.08 bits per heavy atom. The molecule has 1 aliphatic heterocycles. The second-order valence-electron chi connectivity index (χ2n) is 6.60. The van der Waals surface area contributed by atoms with Crippen LogP contribution in [0.15, 0.2) is 34.9 Å². The number of amides is 1. The first-order valence-corrected chi connectivity index (χ1v) is 8.35. The zero-order valence-electron chi connectivity index (χ0n) is 13.6. The van der Waals surface area contributed by atoms with E-state index in [1.54, 1.807) is 11.9 Å². The lowest BCUT2D eigenvalue weighted by molar-refractivity contribution is -0.132. The van der Waals surface area contributed by atoms with Gasteiger partial charge in [0.05, 0.1) is 6.54 Å². The van der Waals surface area contributed by atoms with Crippen molar-refractivity contribution in [2.24, 2.45) is 5.92 Å². The molecule has 2 fully saturated rings. The van der Waals surface area contributed by atoms with Crippen LogP contribution in [-0.2, 0) is 11.3 Å². The molecule has 1 aliphatic carbocycles. The number of carbonyl (C=O) groups is 1. The van der Waals surface area contributed by atoms with Gasteiger partial charge in [0.1, 0.15) is 6.04 Å². The van der Waals surface area contributed by atoms with Crippen molar-refractivity contribution in [1.29, 1.82) is 0 Å². The van der Waals surface area contributed by atoms with Crippen molar-refractivity contribution in [1.82, 2.24) is 25.9 Å². The molecule has 2 aromatic rings. The standard InChI is InChI=1S/C17H21N5O2/c1-22(17(23)14-9-13(19-20-14)11-7-8-11)10-15-18-16(24-21-15)12-5-3-2-4-6-12/h2-6,11,13-14,19-20H,7-10H2,1H3.